The van der Waals surface area contributed by atoms with Crippen LogP contribution in [0.4, 0.5) is 0 Å². The van der Waals surface area contributed by atoms with Gasteiger partial charge in [-0.3, -0.25) is 0 Å². The van der Waals surface area contributed by atoms with Crippen LogP contribution in [0.3, 0.4) is 0 Å². The minimum absolute atomic E-state index is 0.964. The summed E-state index contributed by atoms with van der Waals surface area (Å²) in [5.41, 5.74) is 13.5. The fourth-order valence-corrected chi connectivity index (χ4v) is 7.71. The van der Waals surface area contributed by atoms with E-state index in [1.807, 2.05) is 44.2 Å². The first-order chi connectivity index (χ1) is 30.5. The molecule has 0 aliphatic carbocycles. The third-order valence-corrected chi connectivity index (χ3v) is 10.5. The third-order valence-electron chi connectivity index (χ3n) is 10.5. The summed E-state index contributed by atoms with van der Waals surface area (Å²) in [7, 11) is 0. The van der Waals surface area contributed by atoms with Crippen molar-refractivity contribution in [2.24, 2.45) is 0 Å². The summed E-state index contributed by atoms with van der Waals surface area (Å²) in [5, 5.41) is 5.02. The Kier molecular flexibility index (Phi) is 14.0. The standard InChI is InChI=1S/C47H31N3.C5H8.C4H8.C3H6/c1-4-14-33(15-5-1)42-28-35(29-43(48-42)34-16-6-2-7-17-34)32-24-26-37(27-25-32)50-45-23-13-11-21-39(45)41-30-40-38-20-10-12-22-44(38)49(46(40)31-47(41)50)36-18-8-3-9-19-36;1-3-5-4-2;1-3-4-2;1-3-2/h1-31H;3-5H,1H2,2H3;3H,1,4H2,2H3;3H,1H2,2H3/b;5-4-;;. The maximum atomic E-state index is 5.09. The molecule has 3 heterocycles. The number of para-hydroxylation sites is 3. The van der Waals surface area contributed by atoms with Crippen molar-refractivity contribution in [3.05, 3.63) is 238 Å². The summed E-state index contributed by atoms with van der Waals surface area (Å²) < 4.78 is 4.81. The van der Waals surface area contributed by atoms with Crippen LogP contribution in [0.1, 0.15) is 27.2 Å². The summed E-state index contributed by atoms with van der Waals surface area (Å²) in [4.78, 5) is 5.09. The smallest absolute Gasteiger partial charge is 0.0715 e. The van der Waals surface area contributed by atoms with Gasteiger partial charge in [0, 0.05) is 44.0 Å². The van der Waals surface area contributed by atoms with Crippen LogP contribution in [0.15, 0.2) is 238 Å². The lowest BCUT2D eigenvalue weighted by Crippen LogP contribution is -1.96. The second kappa shape index (κ2) is 20.5. The molecule has 10 rings (SSSR count). The molecule has 0 unspecified atom stereocenters. The summed E-state index contributed by atoms with van der Waals surface area (Å²) in [5.74, 6) is 0. The van der Waals surface area contributed by atoms with Crippen LogP contribution in [-0.2, 0) is 0 Å². The van der Waals surface area contributed by atoms with E-state index < -0.39 is 0 Å². The Labute approximate surface area is 366 Å². The van der Waals surface area contributed by atoms with Gasteiger partial charge >= 0.3 is 0 Å². The number of pyridine rings is 1. The van der Waals surface area contributed by atoms with Crippen molar-refractivity contribution >= 4 is 43.6 Å². The van der Waals surface area contributed by atoms with Crippen molar-refractivity contribution in [2.45, 2.75) is 27.2 Å². The van der Waals surface area contributed by atoms with Gasteiger partial charge in [-0.1, -0.05) is 171 Å². The van der Waals surface area contributed by atoms with Gasteiger partial charge in [0.2, 0.25) is 0 Å². The highest BCUT2D eigenvalue weighted by Gasteiger charge is 2.18. The number of allylic oxidation sites excluding steroid dienone is 5. The predicted octanol–water partition coefficient (Wildman–Crippen LogP) is 16.8. The van der Waals surface area contributed by atoms with Crippen molar-refractivity contribution in [3.63, 3.8) is 0 Å². The number of aromatic nitrogens is 3. The number of hydrogen-bond donors (Lipinski definition) is 0. The molecule has 62 heavy (non-hydrogen) atoms. The molecule has 0 spiro atoms. The van der Waals surface area contributed by atoms with E-state index in [0.717, 1.165) is 51.4 Å². The van der Waals surface area contributed by atoms with Gasteiger partial charge < -0.3 is 9.13 Å². The average Bonchev–Trinajstić information content (AvgIpc) is 3.84. The van der Waals surface area contributed by atoms with E-state index in [1.54, 1.807) is 12.2 Å². The highest BCUT2D eigenvalue weighted by molar-refractivity contribution is 6.19. The summed E-state index contributed by atoms with van der Waals surface area (Å²) in [6.07, 6.45) is 10.3. The molecule has 0 saturated heterocycles. The molecule has 0 atom stereocenters. The van der Waals surface area contributed by atoms with Gasteiger partial charge in [-0.05, 0) is 92.1 Å². The molecule has 0 N–H and O–H groups in total. The molecular weight excluding hydrogens is 751 g/mol. The number of hydrogen-bond acceptors (Lipinski definition) is 1. The number of rotatable bonds is 7. The van der Waals surface area contributed by atoms with Crippen LogP contribution in [0.2, 0.25) is 0 Å². The molecule has 3 aromatic heterocycles. The van der Waals surface area contributed by atoms with E-state index in [1.165, 1.54) is 43.6 Å². The topological polar surface area (TPSA) is 22.8 Å². The fourth-order valence-electron chi connectivity index (χ4n) is 7.71. The van der Waals surface area contributed by atoms with Crippen LogP contribution in [0, 0.1) is 0 Å². The zero-order chi connectivity index (χ0) is 43.3. The summed E-state index contributed by atoms with van der Waals surface area (Å²) >= 11 is 0. The molecule has 0 aliphatic rings. The van der Waals surface area contributed by atoms with Crippen molar-refractivity contribution < 1.29 is 0 Å². The minimum atomic E-state index is 0.964. The molecule has 0 aliphatic heterocycles. The van der Waals surface area contributed by atoms with E-state index in [9.17, 15) is 0 Å². The molecule has 3 nitrogen and oxygen atoms in total. The monoisotopic (exact) mass is 803 g/mol. The first-order valence-corrected chi connectivity index (χ1v) is 21.2. The van der Waals surface area contributed by atoms with E-state index in [0.29, 0.717) is 0 Å². The molecule has 0 amide bonds. The molecular formula is C59H53N3. The van der Waals surface area contributed by atoms with Crippen LogP contribution in [0.5, 0.6) is 0 Å². The van der Waals surface area contributed by atoms with Crippen LogP contribution >= 0.6 is 0 Å². The van der Waals surface area contributed by atoms with Crippen molar-refractivity contribution in [3.8, 4) is 45.0 Å². The van der Waals surface area contributed by atoms with Gasteiger partial charge in [0.25, 0.3) is 0 Å². The number of benzene rings is 7. The lowest BCUT2D eigenvalue weighted by Gasteiger charge is -2.12. The molecule has 7 aromatic carbocycles. The van der Waals surface area contributed by atoms with E-state index >= 15 is 0 Å². The zero-order valence-corrected chi connectivity index (χ0v) is 36.0. The summed E-state index contributed by atoms with van der Waals surface area (Å²) in [6.45, 7) is 16.2. The molecule has 10 aromatic rings. The second-order valence-corrected chi connectivity index (χ2v) is 14.7. The van der Waals surface area contributed by atoms with Crippen molar-refractivity contribution in [2.75, 3.05) is 0 Å². The lowest BCUT2D eigenvalue weighted by atomic mass is 10.00. The minimum Gasteiger partial charge on any atom is -0.309 e. The van der Waals surface area contributed by atoms with Gasteiger partial charge in [0.1, 0.15) is 0 Å². The predicted molar refractivity (Wildman–Crippen MR) is 271 cm³/mol. The fraction of sp³-hybridized carbons (Fsp3) is 0.0678. The number of fused-ring (bicyclic) bond motifs is 6. The van der Waals surface area contributed by atoms with Crippen LogP contribution in [0.25, 0.3) is 88.6 Å². The Morgan fingerprint density at radius 1 is 0.435 bits per heavy atom. The van der Waals surface area contributed by atoms with Gasteiger partial charge in [-0.2, -0.15) is 0 Å². The third kappa shape index (κ3) is 9.03. The zero-order valence-electron chi connectivity index (χ0n) is 36.0. The van der Waals surface area contributed by atoms with Crippen LogP contribution < -0.4 is 0 Å². The lowest BCUT2D eigenvalue weighted by molar-refractivity contribution is 1.16. The second-order valence-electron chi connectivity index (χ2n) is 14.7. The molecule has 3 heteroatoms. The van der Waals surface area contributed by atoms with Gasteiger partial charge in [0.05, 0.1) is 33.5 Å². The highest BCUT2D eigenvalue weighted by atomic mass is 15.0. The van der Waals surface area contributed by atoms with E-state index in [4.69, 9.17) is 4.98 Å². The molecule has 304 valence electrons. The highest BCUT2D eigenvalue weighted by Crippen LogP contribution is 2.40. The maximum Gasteiger partial charge on any atom is 0.0715 e. The van der Waals surface area contributed by atoms with E-state index in [2.05, 4.69) is 212 Å². The molecule has 0 saturated carbocycles. The van der Waals surface area contributed by atoms with Crippen LogP contribution in [-0.4, -0.2) is 14.1 Å². The summed E-state index contributed by atoms with van der Waals surface area (Å²) in [6, 6.07) is 67.2. The van der Waals surface area contributed by atoms with Gasteiger partial charge in [-0.25, -0.2) is 4.98 Å². The Hall–Kier alpha value is -7.75. The number of nitrogens with zero attached hydrogens (tertiary/aromatic N) is 3. The van der Waals surface area contributed by atoms with Gasteiger partial charge in [0.15, 0.2) is 0 Å². The Morgan fingerprint density at radius 2 is 0.855 bits per heavy atom. The Balaban J connectivity index is 0.000000431. The largest absolute Gasteiger partial charge is 0.309 e. The molecule has 0 bridgehead atoms. The van der Waals surface area contributed by atoms with Crippen molar-refractivity contribution in [1.29, 1.82) is 0 Å². The maximum absolute atomic E-state index is 5.09. The quantitative estimate of drug-likeness (QED) is 0.116. The Bertz CT molecular complexity index is 3040. The molecule has 0 radical (unpaired) electrons. The Morgan fingerprint density at radius 3 is 1.27 bits per heavy atom. The first kappa shape index (κ1) is 42.4. The van der Waals surface area contributed by atoms with Crippen molar-refractivity contribution in [1.82, 2.24) is 14.1 Å². The normalized spacial score (nSPS) is 10.7. The van der Waals surface area contributed by atoms with E-state index in [-0.39, 0.29) is 0 Å². The first-order valence-electron chi connectivity index (χ1n) is 21.2. The molecule has 0 fully saturated rings. The SMILES string of the molecule is C=C/C=C\C.C=CC.C=CCC.c1ccc(-c2cc(-c3ccc(-n4c5ccccc5c5cc6c7ccccc7n(-c7ccccc7)c6cc54)cc3)cc(-c3ccccc3)n2)cc1. The van der Waals surface area contributed by atoms with Gasteiger partial charge in [-0.15, -0.1) is 13.2 Å². The average molecular weight is 804 g/mol.